The summed E-state index contributed by atoms with van der Waals surface area (Å²) >= 11 is 0. The summed E-state index contributed by atoms with van der Waals surface area (Å²) in [4.78, 5) is 8.61. The Morgan fingerprint density at radius 1 is 1.10 bits per heavy atom. The van der Waals surface area contributed by atoms with Gasteiger partial charge < -0.3 is 10.1 Å². The zero-order valence-corrected chi connectivity index (χ0v) is 12.0. The molecule has 3 rings (SSSR count). The van der Waals surface area contributed by atoms with E-state index in [4.69, 9.17) is 4.74 Å². The molecule has 0 unspecified atom stereocenters. The Morgan fingerprint density at radius 3 is 2.81 bits per heavy atom. The van der Waals surface area contributed by atoms with Gasteiger partial charge in [0.05, 0.1) is 13.2 Å². The van der Waals surface area contributed by atoms with Crippen LogP contribution >= 0.6 is 0 Å². The van der Waals surface area contributed by atoms with E-state index >= 15 is 0 Å². The van der Waals surface area contributed by atoms with Crippen molar-refractivity contribution in [2.45, 2.75) is 19.6 Å². The van der Waals surface area contributed by atoms with Gasteiger partial charge in [-0.15, -0.1) is 0 Å². The minimum Gasteiger partial charge on any atom is -0.372 e. The molecule has 4 heteroatoms. The molecule has 0 saturated heterocycles. The van der Waals surface area contributed by atoms with E-state index in [0.29, 0.717) is 13.2 Å². The number of hydrogen-bond donors (Lipinski definition) is 1. The fraction of sp³-hybridized carbons (Fsp3) is 0.294. The lowest BCUT2D eigenvalue weighted by Gasteiger charge is -2.15. The molecule has 1 aromatic carbocycles. The van der Waals surface area contributed by atoms with Crippen molar-refractivity contribution in [3.63, 3.8) is 0 Å². The van der Waals surface area contributed by atoms with E-state index in [1.54, 1.807) is 6.20 Å². The molecule has 0 amide bonds. The lowest BCUT2D eigenvalue weighted by molar-refractivity contribution is 0.107. The highest BCUT2D eigenvalue weighted by atomic mass is 16.5. The molecule has 0 atom stereocenters. The summed E-state index contributed by atoms with van der Waals surface area (Å²) in [6, 6.07) is 12.3. The average Bonchev–Trinajstić information content (AvgIpc) is 2.57. The number of amidine groups is 1. The molecule has 1 aliphatic rings. The Morgan fingerprint density at radius 2 is 2.00 bits per heavy atom. The van der Waals surface area contributed by atoms with Crippen molar-refractivity contribution in [1.29, 1.82) is 0 Å². The Balaban J connectivity index is 1.60. The summed E-state index contributed by atoms with van der Waals surface area (Å²) in [6.45, 7) is 3.08. The number of rotatable bonds is 5. The summed E-state index contributed by atoms with van der Waals surface area (Å²) in [5.41, 5.74) is 3.38. The molecule has 108 valence electrons. The number of ether oxygens (including phenoxy) is 1. The smallest absolute Gasteiger partial charge is 0.128 e. The lowest BCUT2D eigenvalue weighted by Crippen LogP contribution is -2.30. The lowest BCUT2D eigenvalue weighted by atomic mass is 10.1. The Bertz CT molecular complexity index is 610. The third-order valence-electron chi connectivity index (χ3n) is 3.36. The summed E-state index contributed by atoms with van der Waals surface area (Å²) < 4.78 is 5.75. The highest BCUT2D eigenvalue weighted by molar-refractivity contribution is 5.99. The second-order valence-corrected chi connectivity index (χ2v) is 5.07. The van der Waals surface area contributed by atoms with Gasteiger partial charge in [0.25, 0.3) is 0 Å². The molecule has 2 aromatic rings. The summed E-state index contributed by atoms with van der Waals surface area (Å²) in [5.74, 6) is 0.996. The minimum absolute atomic E-state index is 0.581. The summed E-state index contributed by atoms with van der Waals surface area (Å²) in [6.07, 6.45) is 4.71. The van der Waals surface area contributed by atoms with Gasteiger partial charge in [0.2, 0.25) is 0 Å². The average molecular weight is 281 g/mol. The number of aliphatic imine (C=N–C) groups is 1. The van der Waals surface area contributed by atoms with Gasteiger partial charge in [0, 0.05) is 31.0 Å². The molecular weight excluding hydrogens is 262 g/mol. The van der Waals surface area contributed by atoms with Crippen LogP contribution in [-0.4, -0.2) is 23.9 Å². The third kappa shape index (κ3) is 3.89. The SMILES string of the molecule is c1cncc(COCc2cccc(C3=NCCCN3)c2)c1. The molecule has 0 aliphatic carbocycles. The van der Waals surface area contributed by atoms with Crippen LogP contribution in [0.1, 0.15) is 23.1 Å². The van der Waals surface area contributed by atoms with Crippen molar-refractivity contribution in [3.8, 4) is 0 Å². The van der Waals surface area contributed by atoms with E-state index in [1.165, 1.54) is 0 Å². The van der Waals surface area contributed by atoms with Crippen LogP contribution in [0, 0.1) is 0 Å². The molecular formula is C17H19N3O. The fourth-order valence-electron chi connectivity index (χ4n) is 2.30. The second-order valence-electron chi connectivity index (χ2n) is 5.07. The fourth-order valence-corrected chi connectivity index (χ4v) is 2.30. The van der Waals surface area contributed by atoms with E-state index in [9.17, 15) is 0 Å². The first-order valence-electron chi connectivity index (χ1n) is 7.26. The largest absolute Gasteiger partial charge is 0.372 e. The molecule has 0 spiro atoms. The first kappa shape index (κ1) is 13.8. The van der Waals surface area contributed by atoms with Crippen LogP contribution < -0.4 is 5.32 Å². The molecule has 0 saturated carbocycles. The highest BCUT2D eigenvalue weighted by Gasteiger charge is 2.07. The Hall–Kier alpha value is -2.20. The van der Waals surface area contributed by atoms with E-state index < -0.39 is 0 Å². The summed E-state index contributed by atoms with van der Waals surface area (Å²) in [7, 11) is 0. The molecule has 0 fully saturated rings. The van der Waals surface area contributed by atoms with Gasteiger partial charge in [-0.2, -0.15) is 0 Å². The molecule has 21 heavy (non-hydrogen) atoms. The maximum absolute atomic E-state index is 5.75. The number of pyridine rings is 1. The summed E-state index contributed by atoms with van der Waals surface area (Å²) in [5, 5.41) is 3.35. The van der Waals surface area contributed by atoms with Crippen LogP contribution in [0.15, 0.2) is 53.8 Å². The monoisotopic (exact) mass is 281 g/mol. The topological polar surface area (TPSA) is 46.5 Å². The van der Waals surface area contributed by atoms with Gasteiger partial charge in [-0.1, -0.05) is 24.3 Å². The molecule has 1 N–H and O–H groups in total. The van der Waals surface area contributed by atoms with E-state index in [1.807, 2.05) is 18.3 Å². The zero-order chi connectivity index (χ0) is 14.3. The molecule has 0 radical (unpaired) electrons. The van der Waals surface area contributed by atoms with Gasteiger partial charge in [-0.05, 0) is 29.7 Å². The maximum Gasteiger partial charge on any atom is 0.128 e. The van der Waals surface area contributed by atoms with Gasteiger partial charge in [0.1, 0.15) is 5.84 Å². The van der Waals surface area contributed by atoms with Gasteiger partial charge in [-0.25, -0.2) is 0 Å². The Labute approximate surface area is 124 Å². The van der Waals surface area contributed by atoms with E-state index in [2.05, 4.69) is 39.6 Å². The van der Waals surface area contributed by atoms with Crippen LogP contribution in [0.3, 0.4) is 0 Å². The van der Waals surface area contributed by atoms with Crippen molar-refractivity contribution in [2.24, 2.45) is 4.99 Å². The van der Waals surface area contributed by atoms with Crippen LogP contribution in [0.2, 0.25) is 0 Å². The molecule has 4 nitrogen and oxygen atoms in total. The quantitative estimate of drug-likeness (QED) is 0.916. The van der Waals surface area contributed by atoms with Gasteiger partial charge in [-0.3, -0.25) is 9.98 Å². The van der Waals surface area contributed by atoms with Crippen molar-refractivity contribution in [2.75, 3.05) is 13.1 Å². The molecule has 1 aliphatic heterocycles. The molecule has 2 heterocycles. The van der Waals surface area contributed by atoms with Crippen LogP contribution in [0.25, 0.3) is 0 Å². The van der Waals surface area contributed by atoms with Crippen molar-refractivity contribution in [3.05, 3.63) is 65.5 Å². The third-order valence-corrected chi connectivity index (χ3v) is 3.36. The number of nitrogens with one attached hydrogen (secondary N) is 1. The first-order valence-corrected chi connectivity index (χ1v) is 7.26. The van der Waals surface area contributed by atoms with Crippen molar-refractivity contribution >= 4 is 5.84 Å². The van der Waals surface area contributed by atoms with Crippen LogP contribution in [-0.2, 0) is 18.0 Å². The number of nitrogens with zero attached hydrogens (tertiary/aromatic N) is 2. The Kier molecular flexibility index (Phi) is 4.59. The number of hydrogen-bond acceptors (Lipinski definition) is 4. The van der Waals surface area contributed by atoms with E-state index in [0.717, 1.165) is 42.0 Å². The van der Waals surface area contributed by atoms with Crippen molar-refractivity contribution in [1.82, 2.24) is 10.3 Å². The first-order chi connectivity index (χ1) is 10.4. The molecule has 1 aromatic heterocycles. The zero-order valence-electron chi connectivity index (χ0n) is 12.0. The minimum atomic E-state index is 0.581. The highest BCUT2D eigenvalue weighted by Crippen LogP contribution is 2.10. The second kappa shape index (κ2) is 6.99. The van der Waals surface area contributed by atoms with Crippen LogP contribution in [0.4, 0.5) is 0 Å². The van der Waals surface area contributed by atoms with E-state index in [-0.39, 0.29) is 0 Å². The van der Waals surface area contributed by atoms with Crippen LogP contribution in [0.5, 0.6) is 0 Å². The maximum atomic E-state index is 5.75. The predicted molar refractivity (Wildman–Crippen MR) is 83.2 cm³/mol. The van der Waals surface area contributed by atoms with Gasteiger partial charge in [0.15, 0.2) is 0 Å². The number of benzene rings is 1. The number of aromatic nitrogens is 1. The standard InChI is InChI=1S/C17H19N3O/c1-4-14(12-21-13-15-5-2-7-18-11-15)10-16(6-1)17-19-8-3-9-20-17/h1-2,4-7,10-11H,3,8-9,12-13H2,(H,19,20). The molecule has 0 bridgehead atoms. The normalized spacial score (nSPS) is 14.4. The van der Waals surface area contributed by atoms with Crippen molar-refractivity contribution < 1.29 is 4.74 Å². The van der Waals surface area contributed by atoms with Gasteiger partial charge >= 0.3 is 0 Å². The predicted octanol–water partition coefficient (Wildman–Crippen LogP) is 2.54.